The lowest BCUT2D eigenvalue weighted by Crippen LogP contribution is -2.34. The molecule has 1 aliphatic heterocycles. The van der Waals surface area contributed by atoms with Crippen molar-refractivity contribution in [2.24, 2.45) is 0 Å². The van der Waals surface area contributed by atoms with E-state index in [9.17, 15) is 4.79 Å². The van der Waals surface area contributed by atoms with E-state index in [2.05, 4.69) is 21.3 Å². The van der Waals surface area contributed by atoms with Crippen LogP contribution in [0.15, 0.2) is 29.8 Å². The van der Waals surface area contributed by atoms with E-state index in [4.69, 9.17) is 0 Å². The third-order valence-electron chi connectivity index (χ3n) is 3.15. The van der Waals surface area contributed by atoms with Gasteiger partial charge in [0.1, 0.15) is 0 Å². The zero-order valence-corrected chi connectivity index (χ0v) is 10.3. The van der Waals surface area contributed by atoms with Gasteiger partial charge in [-0.3, -0.25) is 9.69 Å². The van der Waals surface area contributed by atoms with E-state index in [1.807, 2.05) is 23.5 Å². The summed E-state index contributed by atoms with van der Waals surface area (Å²) in [5.41, 5.74) is 2.10. The molecule has 17 heavy (non-hydrogen) atoms. The Bertz CT molecular complexity index is 515. The molecule has 88 valence electrons. The zero-order chi connectivity index (χ0) is 11.7. The van der Waals surface area contributed by atoms with Gasteiger partial charge in [-0.25, -0.2) is 0 Å². The molecule has 4 heteroatoms. The number of carbonyl (C=O) groups is 1. The quantitative estimate of drug-likeness (QED) is 0.844. The van der Waals surface area contributed by atoms with Crippen molar-refractivity contribution < 1.29 is 4.79 Å². The number of aromatic nitrogens is 1. The Morgan fingerprint density at radius 3 is 3.24 bits per heavy atom. The molecule has 0 atom stereocenters. The minimum absolute atomic E-state index is 0.175. The highest BCUT2D eigenvalue weighted by Crippen LogP contribution is 2.23. The molecule has 3 rings (SSSR count). The third kappa shape index (κ3) is 2.18. The highest BCUT2D eigenvalue weighted by Gasteiger charge is 2.19. The summed E-state index contributed by atoms with van der Waals surface area (Å²) in [6.07, 6.45) is 2.87. The van der Waals surface area contributed by atoms with E-state index in [1.165, 1.54) is 10.4 Å². The third-order valence-corrected chi connectivity index (χ3v) is 4.18. The van der Waals surface area contributed by atoms with Gasteiger partial charge in [0.2, 0.25) is 0 Å². The summed E-state index contributed by atoms with van der Waals surface area (Å²) in [6.45, 7) is 2.40. The van der Waals surface area contributed by atoms with Gasteiger partial charge in [-0.05, 0) is 35.6 Å². The molecule has 1 N–H and O–H groups in total. The maximum atomic E-state index is 12.0. The number of hydrogen-bond donors (Lipinski definition) is 1. The largest absolute Gasteiger partial charge is 0.359 e. The lowest BCUT2D eigenvalue weighted by atomic mass is 10.1. The number of thiophene rings is 1. The molecule has 2 aromatic rings. The Labute approximate surface area is 104 Å². The van der Waals surface area contributed by atoms with Crippen LogP contribution in [-0.2, 0) is 13.0 Å². The summed E-state index contributed by atoms with van der Waals surface area (Å²) < 4.78 is 0. The lowest BCUT2D eigenvalue weighted by Gasteiger charge is -2.25. The SMILES string of the molecule is O=C(CN1CCc2sccc2C1)c1ccc[nH]1. The van der Waals surface area contributed by atoms with Gasteiger partial charge < -0.3 is 4.98 Å². The number of carbonyl (C=O) groups excluding carboxylic acids is 1. The van der Waals surface area contributed by atoms with Crippen LogP contribution >= 0.6 is 11.3 Å². The highest BCUT2D eigenvalue weighted by molar-refractivity contribution is 7.10. The van der Waals surface area contributed by atoms with Crippen LogP contribution in [0.5, 0.6) is 0 Å². The Balaban J connectivity index is 1.66. The molecule has 0 spiro atoms. The van der Waals surface area contributed by atoms with Crippen LogP contribution < -0.4 is 0 Å². The second-order valence-electron chi connectivity index (χ2n) is 4.34. The number of aromatic amines is 1. The Hall–Kier alpha value is -1.39. The molecule has 0 fully saturated rings. The van der Waals surface area contributed by atoms with Crippen molar-refractivity contribution in [3.05, 3.63) is 45.9 Å². The maximum Gasteiger partial charge on any atom is 0.192 e. The van der Waals surface area contributed by atoms with Crippen LogP contribution in [0, 0.1) is 0 Å². The molecule has 0 radical (unpaired) electrons. The van der Waals surface area contributed by atoms with E-state index in [-0.39, 0.29) is 5.78 Å². The van der Waals surface area contributed by atoms with Crippen molar-refractivity contribution in [3.8, 4) is 0 Å². The normalized spacial score (nSPS) is 15.8. The van der Waals surface area contributed by atoms with E-state index in [0.29, 0.717) is 12.2 Å². The summed E-state index contributed by atoms with van der Waals surface area (Å²) in [5.74, 6) is 0.175. The molecule has 0 saturated carbocycles. The summed E-state index contributed by atoms with van der Waals surface area (Å²) in [7, 11) is 0. The molecular formula is C13H14N2OS. The first kappa shape index (κ1) is 10.7. The minimum Gasteiger partial charge on any atom is -0.359 e. The van der Waals surface area contributed by atoms with Gasteiger partial charge in [0.15, 0.2) is 5.78 Å². The summed E-state index contributed by atoms with van der Waals surface area (Å²) >= 11 is 1.83. The van der Waals surface area contributed by atoms with Crippen LogP contribution in [0.2, 0.25) is 0 Å². The predicted molar refractivity (Wildman–Crippen MR) is 68.4 cm³/mol. The first-order valence-corrected chi connectivity index (χ1v) is 6.65. The molecule has 2 aromatic heterocycles. The van der Waals surface area contributed by atoms with E-state index >= 15 is 0 Å². The first-order chi connectivity index (χ1) is 8.33. The van der Waals surface area contributed by atoms with Crippen molar-refractivity contribution >= 4 is 17.1 Å². The second kappa shape index (κ2) is 4.47. The standard InChI is InChI=1S/C13H14N2OS/c16-12(11-2-1-5-14-11)9-15-6-3-13-10(8-15)4-7-17-13/h1-2,4-5,7,14H,3,6,8-9H2. The van der Waals surface area contributed by atoms with Gasteiger partial charge in [0.25, 0.3) is 0 Å². The number of rotatable bonds is 3. The number of hydrogen-bond acceptors (Lipinski definition) is 3. The van der Waals surface area contributed by atoms with Gasteiger partial charge in [0, 0.05) is 24.2 Å². The molecule has 0 unspecified atom stereocenters. The van der Waals surface area contributed by atoms with Crippen LogP contribution in [0.1, 0.15) is 20.9 Å². The molecule has 3 nitrogen and oxygen atoms in total. The smallest absolute Gasteiger partial charge is 0.192 e. The predicted octanol–water partition coefficient (Wildman–Crippen LogP) is 2.32. The van der Waals surface area contributed by atoms with E-state index in [0.717, 1.165) is 19.5 Å². The topological polar surface area (TPSA) is 36.1 Å². The number of nitrogens with zero attached hydrogens (tertiary/aromatic N) is 1. The Morgan fingerprint density at radius 1 is 1.47 bits per heavy atom. The first-order valence-electron chi connectivity index (χ1n) is 5.77. The molecule has 0 bridgehead atoms. The number of fused-ring (bicyclic) bond motifs is 1. The summed E-state index contributed by atoms with van der Waals surface area (Å²) in [4.78, 5) is 18.6. The summed E-state index contributed by atoms with van der Waals surface area (Å²) in [6, 6.07) is 5.87. The fourth-order valence-corrected chi connectivity index (χ4v) is 3.12. The molecule has 0 aliphatic carbocycles. The minimum atomic E-state index is 0.175. The van der Waals surface area contributed by atoms with Crippen LogP contribution in [0.4, 0.5) is 0 Å². The molecular weight excluding hydrogens is 232 g/mol. The number of Topliss-reactive ketones (excluding diaryl/α,β-unsaturated/α-hetero) is 1. The monoisotopic (exact) mass is 246 g/mol. The van der Waals surface area contributed by atoms with Gasteiger partial charge in [-0.2, -0.15) is 0 Å². The van der Waals surface area contributed by atoms with Gasteiger partial charge in [-0.15, -0.1) is 11.3 Å². The van der Waals surface area contributed by atoms with E-state index in [1.54, 1.807) is 6.20 Å². The van der Waals surface area contributed by atoms with Crippen molar-refractivity contribution in [3.63, 3.8) is 0 Å². The van der Waals surface area contributed by atoms with E-state index < -0.39 is 0 Å². The van der Waals surface area contributed by atoms with Crippen LogP contribution in [0.25, 0.3) is 0 Å². The molecule has 0 aromatic carbocycles. The van der Waals surface area contributed by atoms with Gasteiger partial charge in [0.05, 0.1) is 12.2 Å². The van der Waals surface area contributed by atoms with Gasteiger partial charge >= 0.3 is 0 Å². The van der Waals surface area contributed by atoms with Crippen molar-refractivity contribution in [2.45, 2.75) is 13.0 Å². The molecule has 1 aliphatic rings. The van der Waals surface area contributed by atoms with Gasteiger partial charge in [-0.1, -0.05) is 0 Å². The zero-order valence-electron chi connectivity index (χ0n) is 9.48. The van der Waals surface area contributed by atoms with Crippen LogP contribution in [0.3, 0.4) is 0 Å². The van der Waals surface area contributed by atoms with Crippen molar-refractivity contribution in [2.75, 3.05) is 13.1 Å². The highest BCUT2D eigenvalue weighted by atomic mass is 32.1. The Kier molecular flexibility index (Phi) is 2.82. The number of H-pyrrole nitrogens is 1. The lowest BCUT2D eigenvalue weighted by molar-refractivity contribution is 0.0918. The maximum absolute atomic E-state index is 12.0. The average molecular weight is 246 g/mol. The number of nitrogens with one attached hydrogen (secondary N) is 1. The second-order valence-corrected chi connectivity index (χ2v) is 5.34. The molecule has 3 heterocycles. The van der Waals surface area contributed by atoms with Crippen LogP contribution in [-0.4, -0.2) is 28.8 Å². The fourth-order valence-electron chi connectivity index (χ4n) is 2.23. The Morgan fingerprint density at radius 2 is 2.41 bits per heavy atom. The molecule has 0 saturated heterocycles. The van der Waals surface area contributed by atoms with Crippen molar-refractivity contribution in [1.29, 1.82) is 0 Å². The van der Waals surface area contributed by atoms with Crippen molar-refractivity contribution in [1.82, 2.24) is 9.88 Å². The average Bonchev–Trinajstić information content (AvgIpc) is 2.99. The molecule has 0 amide bonds. The number of ketones is 1. The fraction of sp³-hybridized carbons (Fsp3) is 0.308. The summed E-state index contributed by atoms with van der Waals surface area (Å²) in [5, 5.41) is 2.14.